The summed E-state index contributed by atoms with van der Waals surface area (Å²) < 4.78 is 7.25. The molecule has 1 nitrogen and oxygen atoms in total. The van der Waals surface area contributed by atoms with Gasteiger partial charge in [0.05, 0.1) is 17.6 Å². The minimum atomic E-state index is 0.0334. The van der Waals surface area contributed by atoms with Gasteiger partial charge in [-0.05, 0) is 42.2 Å². The third kappa shape index (κ3) is 2.20. The minimum absolute atomic E-state index is 0.0334. The summed E-state index contributed by atoms with van der Waals surface area (Å²) in [7, 11) is 0. The van der Waals surface area contributed by atoms with E-state index in [4.69, 9.17) is 16.3 Å². The van der Waals surface area contributed by atoms with Gasteiger partial charge in [-0.15, -0.1) is 22.9 Å². The van der Waals surface area contributed by atoms with Crippen LogP contribution in [0.2, 0.25) is 0 Å². The summed E-state index contributed by atoms with van der Waals surface area (Å²) in [6, 6.07) is 8.50. The average Bonchev–Trinajstić information content (AvgIpc) is 2.91. The number of rotatable bonds is 2. The van der Waals surface area contributed by atoms with Crippen LogP contribution in [0.15, 0.2) is 29.6 Å². The van der Waals surface area contributed by atoms with E-state index in [0.29, 0.717) is 17.9 Å². The zero-order valence-electron chi connectivity index (χ0n) is 11.5. The average molecular weight is 295 g/mol. The standard InChI is InChI=1S/C16H19ClOS/c1-9-10(2)18-11(3)15(9)16(17)13-8-19-14-7-5-4-6-12(13)14/h4-11,15-16H,1-3H3. The van der Waals surface area contributed by atoms with Crippen LogP contribution >= 0.6 is 22.9 Å². The molecule has 1 aromatic heterocycles. The topological polar surface area (TPSA) is 9.23 Å². The predicted octanol–water partition coefficient (Wildman–Crippen LogP) is 5.24. The first kappa shape index (κ1) is 13.4. The van der Waals surface area contributed by atoms with Crippen molar-refractivity contribution in [3.63, 3.8) is 0 Å². The van der Waals surface area contributed by atoms with Crippen LogP contribution in [0.4, 0.5) is 0 Å². The Labute approximate surface area is 123 Å². The molecule has 0 radical (unpaired) electrons. The summed E-state index contributed by atoms with van der Waals surface area (Å²) in [5.41, 5.74) is 1.27. The molecule has 2 heterocycles. The molecule has 5 unspecified atom stereocenters. The van der Waals surface area contributed by atoms with E-state index in [1.165, 1.54) is 15.6 Å². The highest BCUT2D eigenvalue weighted by Crippen LogP contribution is 2.46. The Morgan fingerprint density at radius 3 is 2.58 bits per heavy atom. The second-order valence-corrected chi connectivity index (χ2v) is 6.95. The lowest BCUT2D eigenvalue weighted by Crippen LogP contribution is -2.21. The van der Waals surface area contributed by atoms with Crippen LogP contribution in [0.25, 0.3) is 10.1 Å². The van der Waals surface area contributed by atoms with Gasteiger partial charge >= 0.3 is 0 Å². The molecule has 0 saturated carbocycles. The number of hydrogen-bond acceptors (Lipinski definition) is 2. The smallest absolute Gasteiger partial charge is 0.0655 e. The van der Waals surface area contributed by atoms with Crippen molar-refractivity contribution in [3.8, 4) is 0 Å². The lowest BCUT2D eigenvalue weighted by Gasteiger charge is -2.24. The highest BCUT2D eigenvalue weighted by atomic mass is 35.5. The largest absolute Gasteiger partial charge is 0.375 e. The zero-order valence-corrected chi connectivity index (χ0v) is 13.0. The van der Waals surface area contributed by atoms with Crippen molar-refractivity contribution in [2.45, 2.75) is 38.4 Å². The van der Waals surface area contributed by atoms with Crippen LogP contribution in [0.3, 0.4) is 0 Å². The van der Waals surface area contributed by atoms with Crippen LogP contribution in [-0.4, -0.2) is 12.2 Å². The first-order valence-corrected chi connectivity index (χ1v) is 8.17. The van der Waals surface area contributed by atoms with E-state index in [1.54, 1.807) is 11.3 Å². The Bertz CT molecular complexity index is 579. The van der Waals surface area contributed by atoms with E-state index >= 15 is 0 Å². The summed E-state index contributed by atoms with van der Waals surface area (Å²) >= 11 is 8.59. The molecule has 1 aliphatic rings. The van der Waals surface area contributed by atoms with Crippen LogP contribution in [-0.2, 0) is 4.74 Å². The monoisotopic (exact) mass is 294 g/mol. The minimum Gasteiger partial charge on any atom is -0.375 e. The van der Waals surface area contributed by atoms with Crippen molar-refractivity contribution >= 4 is 33.0 Å². The molecular formula is C16H19ClOS. The summed E-state index contributed by atoms with van der Waals surface area (Å²) in [6.45, 7) is 6.55. The summed E-state index contributed by atoms with van der Waals surface area (Å²) in [5, 5.41) is 3.54. The normalized spacial score (nSPS) is 32.8. The number of benzene rings is 1. The molecule has 5 atom stereocenters. The van der Waals surface area contributed by atoms with Gasteiger partial charge < -0.3 is 4.74 Å². The zero-order chi connectivity index (χ0) is 13.6. The lowest BCUT2D eigenvalue weighted by molar-refractivity contribution is 0.0508. The van der Waals surface area contributed by atoms with Gasteiger partial charge in [-0.25, -0.2) is 0 Å². The Balaban J connectivity index is 1.98. The maximum Gasteiger partial charge on any atom is 0.0655 e. The molecule has 3 rings (SSSR count). The molecule has 1 aromatic carbocycles. The van der Waals surface area contributed by atoms with E-state index in [2.05, 4.69) is 50.4 Å². The van der Waals surface area contributed by atoms with Crippen molar-refractivity contribution in [2.75, 3.05) is 0 Å². The van der Waals surface area contributed by atoms with Gasteiger partial charge in [0.2, 0.25) is 0 Å². The Morgan fingerprint density at radius 2 is 1.89 bits per heavy atom. The van der Waals surface area contributed by atoms with Crippen LogP contribution in [0, 0.1) is 11.8 Å². The van der Waals surface area contributed by atoms with E-state index in [1.807, 2.05) is 0 Å². The second-order valence-electron chi connectivity index (χ2n) is 5.57. The summed E-state index contributed by atoms with van der Waals surface area (Å²) in [6.07, 6.45) is 0.525. The SMILES string of the molecule is CC1OC(C)C(C(Cl)c2csc3ccccc23)C1C. The van der Waals surface area contributed by atoms with Crippen molar-refractivity contribution in [1.29, 1.82) is 0 Å². The number of thiophene rings is 1. The van der Waals surface area contributed by atoms with E-state index in [9.17, 15) is 0 Å². The number of hydrogen-bond donors (Lipinski definition) is 0. The number of halogens is 1. The van der Waals surface area contributed by atoms with Crippen molar-refractivity contribution < 1.29 is 4.74 Å². The fourth-order valence-corrected chi connectivity index (χ4v) is 4.90. The van der Waals surface area contributed by atoms with Crippen LogP contribution < -0.4 is 0 Å². The van der Waals surface area contributed by atoms with Crippen molar-refractivity contribution in [1.82, 2.24) is 0 Å². The quantitative estimate of drug-likeness (QED) is 0.688. The molecule has 0 aliphatic carbocycles. The molecule has 1 fully saturated rings. The Morgan fingerprint density at radius 1 is 1.16 bits per heavy atom. The van der Waals surface area contributed by atoms with Gasteiger partial charge in [0.25, 0.3) is 0 Å². The molecule has 19 heavy (non-hydrogen) atoms. The maximum atomic E-state index is 6.81. The van der Waals surface area contributed by atoms with Gasteiger partial charge in [-0.1, -0.05) is 25.1 Å². The molecule has 0 amide bonds. The molecule has 0 spiro atoms. The maximum absolute atomic E-state index is 6.81. The number of fused-ring (bicyclic) bond motifs is 1. The summed E-state index contributed by atoms with van der Waals surface area (Å²) in [4.78, 5) is 0. The predicted molar refractivity (Wildman–Crippen MR) is 83.1 cm³/mol. The molecular weight excluding hydrogens is 276 g/mol. The number of ether oxygens (including phenoxy) is 1. The Kier molecular flexibility index (Phi) is 3.59. The molecule has 1 aliphatic heterocycles. The molecule has 0 bridgehead atoms. The first-order chi connectivity index (χ1) is 9.09. The summed E-state index contributed by atoms with van der Waals surface area (Å²) in [5.74, 6) is 0.880. The molecule has 1 saturated heterocycles. The Hall–Kier alpha value is -0.570. The van der Waals surface area contributed by atoms with Gasteiger partial charge in [-0.2, -0.15) is 0 Å². The van der Waals surface area contributed by atoms with E-state index in [0.717, 1.165) is 0 Å². The van der Waals surface area contributed by atoms with E-state index in [-0.39, 0.29) is 11.5 Å². The third-order valence-corrected chi connectivity index (χ3v) is 5.97. The fraction of sp³-hybridized carbons (Fsp3) is 0.500. The number of alkyl halides is 1. The van der Waals surface area contributed by atoms with Crippen molar-refractivity contribution in [3.05, 3.63) is 35.2 Å². The van der Waals surface area contributed by atoms with Crippen LogP contribution in [0.1, 0.15) is 31.7 Å². The molecule has 0 N–H and O–H groups in total. The highest BCUT2D eigenvalue weighted by molar-refractivity contribution is 7.17. The highest BCUT2D eigenvalue weighted by Gasteiger charge is 2.42. The van der Waals surface area contributed by atoms with Gasteiger partial charge in [0, 0.05) is 10.6 Å². The van der Waals surface area contributed by atoms with Gasteiger partial charge in [0.15, 0.2) is 0 Å². The lowest BCUT2D eigenvalue weighted by atomic mass is 9.84. The van der Waals surface area contributed by atoms with Gasteiger partial charge in [0.1, 0.15) is 0 Å². The second kappa shape index (κ2) is 5.08. The molecule has 2 aromatic rings. The fourth-order valence-electron chi connectivity index (χ4n) is 3.22. The van der Waals surface area contributed by atoms with Gasteiger partial charge in [-0.3, -0.25) is 0 Å². The van der Waals surface area contributed by atoms with Crippen LogP contribution in [0.5, 0.6) is 0 Å². The molecule has 3 heteroatoms. The first-order valence-electron chi connectivity index (χ1n) is 6.85. The molecule has 102 valence electrons. The van der Waals surface area contributed by atoms with E-state index < -0.39 is 0 Å². The van der Waals surface area contributed by atoms with Crippen molar-refractivity contribution in [2.24, 2.45) is 11.8 Å². The third-order valence-electron chi connectivity index (χ3n) is 4.46.